The summed E-state index contributed by atoms with van der Waals surface area (Å²) in [5, 5.41) is 25.3. The number of rotatable bonds is 9. The van der Waals surface area contributed by atoms with Gasteiger partial charge < -0.3 is 19.7 Å². The highest BCUT2D eigenvalue weighted by Gasteiger charge is 2.34. The van der Waals surface area contributed by atoms with E-state index in [1.165, 1.54) is 27.1 Å². The summed E-state index contributed by atoms with van der Waals surface area (Å²) in [6.45, 7) is 2.34. The summed E-state index contributed by atoms with van der Waals surface area (Å²) in [6, 6.07) is 54.8. The zero-order chi connectivity index (χ0) is 38.1. The van der Waals surface area contributed by atoms with Crippen molar-refractivity contribution in [3.8, 4) is 33.8 Å². The third-order valence-electron chi connectivity index (χ3n) is 12.5. The van der Waals surface area contributed by atoms with Gasteiger partial charge in [-0.2, -0.15) is 0 Å². The molecule has 0 radical (unpaired) electrons. The van der Waals surface area contributed by atoms with Crippen molar-refractivity contribution < 1.29 is 19.7 Å². The molecule has 4 heteroatoms. The molecular formula is C52H50O4. The molecule has 0 bridgehead atoms. The molecule has 0 atom stereocenters. The molecule has 4 nitrogen and oxygen atoms in total. The Bertz CT molecular complexity index is 2300. The molecule has 282 valence electrons. The minimum atomic E-state index is -0.542. The predicted molar refractivity (Wildman–Crippen MR) is 229 cm³/mol. The normalized spacial score (nSPS) is 21.1. The van der Waals surface area contributed by atoms with Crippen molar-refractivity contribution in [2.75, 3.05) is 0 Å². The Morgan fingerprint density at radius 2 is 0.821 bits per heavy atom. The highest BCUT2D eigenvalue weighted by molar-refractivity contribution is 5.90. The van der Waals surface area contributed by atoms with E-state index in [2.05, 4.69) is 159 Å². The molecule has 0 unspecified atom stereocenters. The molecular weight excluding hydrogens is 689 g/mol. The van der Waals surface area contributed by atoms with Gasteiger partial charge in [-0.25, -0.2) is 0 Å². The van der Waals surface area contributed by atoms with Crippen LogP contribution in [0.3, 0.4) is 0 Å². The monoisotopic (exact) mass is 738 g/mol. The highest BCUT2D eigenvalue weighted by Crippen LogP contribution is 2.46. The second-order valence-electron chi connectivity index (χ2n) is 16.1. The van der Waals surface area contributed by atoms with E-state index in [9.17, 15) is 10.2 Å². The van der Waals surface area contributed by atoms with Crippen LogP contribution in [0.4, 0.5) is 0 Å². The lowest BCUT2D eigenvalue weighted by molar-refractivity contribution is 0.0668. The van der Waals surface area contributed by atoms with Crippen molar-refractivity contribution in [3.05, 3.63) is 168 Å². The van der Waals surface area contributed by atoms with Crippen molar-refractivity contribution in [2.24, 2.45) is 0 Å². The molecule has 0 saturated heterocycles. The fourth-order valence-electron chi connectivity index (χ4n) is 9.01. The summed E-state index contributed by atoms with van der Waals surface area (Å²) in [5.74, 6) is 1.75. The van der Waals surface area contributed by atoms with Gasteiger partial charge in [-0.05, 0) is 144 Å². The lowest BCUT2D eigenvalue weighted by Crippen LogP contribution is -2.28. The van der Waals surface area contributed by atoms with Crippen LogP contribution in [0.5, 0.6) is 11.5 Å². The smallest absolute Gasteiger partial charge is 0.127 e. The zero-order valence-electron chi connectivity index (χ0n) is 32.1. The van der Waals surface area contributed by atoms with Gasteiger partial charge in [0.1, 0.15) is 11.5 Å². The average molecular weight is 739 g/mol. The first kappa shape index (κ1) is 36.2. The van der Waals surface area contributed by atoms with Gasteiger partial charge in [-0.15, -0.1) is 0 Å². The molecule has 9 rings (SSSR count). The predicted octanol–water partition coefficient (Wildman–Crippen LogP) is 12.0. The maximum absolute atomic E-state index is 10.2. The van der Waals surface area contributed by atoms with Crippen LogP contribution in [-0.2, 0) is 5.41 Å². The van der Waals surface area contributed by atoms with Crippen molar-refractivity contribution in [2.45, 2.75) is 88.1 Å². The molecule has 0 heterocycles. The van der Waals surface area contributed by atoms with E-state index in [1.807, 2.05) is 0 Å². The molecule has 0 amide bonds. The molecule has 0 aliphatic heterocycles. The van der Waals surface area contributed by atoms with E-state index in [4.69, 9.17) is 9.47 Å². The lowest BCUT2D eigenvalue weighted by Gasteiger charge is -2.34. The number of fused-ring (bicyclic) bond motifs is 2. The van der Waals surface area contributed by atoms with Gasteiger partial charge in [-0.3, -0.25) is 0 Å². The second kappa shape index (κ2) is 15.6. The summed E-state index contributed by atoms with van der Waals surface area (Å²) in [4.78, 5) is 0. The van der Waals surface area contributed by atoms with E-state index < -0.39 is 5.41 Å². The molecule has 7 aromatic rings. The van der Waals surface area contributed by atoms with E-state index in [0.29, 0.717) is 0 Å². The maximum Gasteiger partial charge on any atom is 0.127 e. The number of aliphatic hydroxyl groups is 2. The third-order valence-corrected chi connectivity index (χ3v) is 12.5. The summed E-state index contributed by atoms with van der Waals surface area (Å²) >= 11 is 0. The molecule has 7 aromatic carbocycles. The Hall–Kier alpha value is -5.42. The molecule has 2 aliphatic carbocycles. The number of hydrogen-bond donors (Lipinski definition) is 2. The minimum Gasteiger partial charge on any atom is -0.490 e. The van der Waals surface area contributed by atoms with Crippen LogP contribution in [0, 0.1) is 0 Å². The van der Waals surface area contributed by atoms with Crippen molar-refractivity contribution in [3.63, 3.8) is 0 Å². The van der Waals surface area contributed by atoms with Gasteiger partial charge in [0, 0.05) is 16.5 Å². The van der Waals surface area contributed by atoms with Gasteiger partial charge in [0.15, 0.2) is 0 Å². The largest absolute Gasteiger partial charge is 0.490 e. The zero-order valence-corrected chi connectivity index (χ0v) is 32.1. The summed E-state index contributed by atoms with van der Waals surface area (Å²) in [7, 11) is 0. The summed E-state index contributed by atoms with van der Waals surface area (Å²) in [6.07, 6.45) is 6.08. The molecule has 56 heavy (non-hydrogen) atoms. The van der Waals surface area contributed by atoms with Gasteiger partial charge in [0.05, 0.1) is 24.4 Å². The quantitative estimate of drug-likeness (QED) is 0.145. The standard InChI is InChI=1S/C52H50O4/c1-52(41-13-3-2-4-14-41,42-19-29-50(55-46-25-21-44(53)22-26-46)48(33-42)39-17-15-35-9-5-7-11-37(35)31-39)43-20-30-51(56-47-27-23-45(54)24-28-47)49(34-43)40-18-16-36-10-6-8-12-38(36)32-40/h2-20,29-34,44-47,53-54H,21-28H2,1H3. The van der Waals surface area contributed by atoms with E-state index in [1.54, 1.807) is 0 Å². The van der Waals surface area contributed by atoms with Crippen molar-refractivity contribution >= 4 is 21.5 Å². The number of aliphatic hydroxyl groups excluding tert-OH is 2. The third kappa shape index (κ3) is 7.32. The van der Waals surface area contributed by atoms with Gasteiger partial charge in [0.25, 0.3) is 0 Å². The molecule has 0 spiro atoms. The first-order valence-corrected chi connectivity index (χ1v) is 20.4. The second-order valence-corrected chi connectivity index (χ2v) is 16.1. The number of ether oxygens (including phenoxy) is 2. The van der Waals surface area contributed by atoms with Gasteiger partial charge >= 0.3 is 0 Å². The van der Waals surface area contributed by atoms with Crippen LogP contribution < -0.4 is 9.47 Å². The first-order valence-electron chi connectivity index (χ1n) is 20.4. The Balaban J connectivity index is 1.20. The van der Waals surface area contributed by atoms with E-state index >= 15 is 0 Å². The average Bonchev–Trinajstić information content (AvgIpc) is 3.25. The van der Waals surface area contributed by atoms with Crippen LogP contribution >= 0.6 is 0 Å². The molecule has 2 N–H and O–H groups in total. The Kier molecular flexibility index (Phi) is 10.1. The van der Waals surface area contributed by atoms with Gasteiger partial charge in [-0.1, -0.05) is 115 Å². The van der Waals surface area contributed by atoms with Crippen molar-refractivity contribution in [1.82, 2.24) is 0 Å². The van der Waals surface area contributed by atoms with Gasteiger partial charge in [0.2, 0.25) is 0 Å². The highest BCUT2D eigenvalue weighted by atomic mass is 16.5. The molecule has 2 aliphatic rings. The maximum atomic E-state index is 10.2. The van der Waals surface area contributed by atoms with Crippen LogP contribution in [0.15, 0.2) is 152 Å². The Labute approximate surface area is 330 Å². The molecule has 2 saturated carbocycles. The fraction of sp³-hybridized carbons (Fsp3) is 0.269. The molecule has 0 aromatic heterocycles. The van der Waals surface area contributed by atoms with Crippen LogP contribution in [0.25, 0.3) is 43.8 Å². The van der Waals surface area contributed by atoms with E-state index in [-0.39, 0.29) is 24.4 Å². The van der Waals surface area contributed by atoms with Crippen LogP contribution in [0.1, 0.15) is 75.0 Å². The van der Waals surface area contributed by atoms with Crippen LogP contribution in [-0.4, -0.2) is 34.6 Å². The summed E-state index contributed by atoms with van der Waals surface area (Å²) < 4.78 is 13.7. The first-order chi connectivity index (χ1) is 27.4. The Morgan fingerprint density at radius 3 is 1.27 bits per heavy atom. The lowest BCUT2D eigenvalue weighted by atomic mass is 9.70. The number of hydrogen-bond acceptors (Lipinski definition) is 4. The van der Waals surface area contributed by atoms with Crippen molar-refractivity contribution in [1.29, 1.82) is 0 Å². The topological polar surface area (TPSA) is 58.9 Å². The minimum absolute atomic E-state index is 0.0634. The number of benzene rings is 7. The van der Waals surface area contributed by atoms with Crippen LogP contribution in [0.2, 0.25) is 0 Å². The fourth-order valence-corrected chi connectivity index (χ4v) is 9.01. The SMILES string of the molecule is CC(c1ccccc1)(c1ccc(OC2CCC(O)CC2)c(-c2ccc3ccccc3c2)c1)c1ccc(OC2CCC(O)CC2)c(-c2ccc3ccccc3c2)c1. The molecule has 2 fully saturated rings. The Morgan fingerprint density at radius 1 is 0.411 bits per heavy atom. The summed E-state index contributed by atoms with van der Waals surface area (Å²) in [5.41, 5.74) is 7.34. The van der Waals surface area contributed by atoms with E-state index in [0.717, 1.165) is 96.2 Å².